The standard InChI is InChI=1S/C12H17N3O3S/c1-14(7-10(16)8-18-2)11(17)5-9-6-15-3-4-19-12(15)13-9/h3-4,6,10,16H,5,7-8H2,1-2H3. The quantitative estimate of drug-likeness (QED) is 0.833. The van der Waals surface area contributed by atoms with Gasteiger partial charge in [0, 0.05) is 38.5 Å². The minimum absolute atomic E-state index is 0.0686. The Morgan fingerprint density at radius 3 is 3.16 bits per heavy atom. The number of imidazole rings is 1. The number of hydrogen-bond acceptors (Lipinski definition) is 5. The molecule has 1 atom stereocenters. The van der Waals surface area contributed by atoms with E-state index in [9.17, 15) is 9.90 Å². The van der Waals surface area contributed by atoms with Crippen molar-refractivity contribution < 1.29 is 14.6 Å². The Bertz CT molecular complexity index is 523. The molecule has 0 aromatic carbocycles. The SMILES string of the molecule is COCC(O)CN(C)C(=O)Cc1cn2ccsc2n1. The summed E-state index contributed by atoms with van der Waals surface area (Å²) < 4.78 is 6.73. The first-order valence-electron chi connectivity index (χ1n) is 5.92. The van der Waals surface area contributed by atoms with E-state index >= 15 is 0 Å². The second kappa shape index (κ2) is 6.14. The molecule has 19 heavy (non-hydrogen) atoms. The highest BCUT2D eigenvalue weighted by atomic mass is 32.1. The van der Waals surface area contributed by atoms with E-state index < -0.39 is 6.10 Å². The summed E-state index contributed by atoms with van der Waals surface area (Å²) in [5, 5.41) is 11.5. The van der Waals surface area contributed by atoms with Crippen molar-refractivity contribution in [1.82, 2.24) is 14.3 Å². The molecule has 2 aromatic heterocycles. The fourth-order valence-electron chi connectivity index (χ4n) is 1.81. The first-order chi connectivity index (χ1) is 9.10. The molecule has 0 saturated carbocycles. The highest BCUT2D eigenvalue weighted by molar-refractivity contribution is 7.15. The molecule has 6 nitrogen and oxygen atoms in total. The molecule has 7 heteroatoms. The number of nitrogens with zero attached hydrogens (tertiary/aromatic N) is 3. The van der Waals surface area contributed by atoms with Crippen LogP contribution in [0.25, 0.3) is 4.96 Å². The number of aliphatic hydroxyl groups excluding tert-OH is 1. The molecule has 0 aliphatic heterocycles. The molecule has 2 aromatic rings. The monoisotopic (exact) mass is 283 g/mol. The van der Waals surface area contributed by atoms with Crippen molar-refractivity contribution in [2.24, 2.45) is 0 Å². The topological polar surface area (TPSA) is 67.1 Å². The van der Waals surface area contributed by atoms with Crippen LogP contribution in [0.3, 0.4) is 0 Å². The third-order valence-electron chi connectivity index (χ3n) is 2.74. The van der Waals surface area contributed by atoms with Gasteiger partial charge in [0.2, 0.25) is 5.91 Å². The lowest BCUT2D eigenvalue weighted by Gasteiger charge is -2.20. The molecular weight excluding hydrogens is 266 g/mol. The summed E-state index contributed by atoms with van der Waals surface area (Å²) >= 11 is 1.53. The third kappa shape index (κ3) is 3.52. The molecule has 2 rings (SSSR count). The number of carbonyl (C=O) groups is 1. The van der Waals surface area contributed by atoms with E-state index in [1.807, 2.05) is 22.2 Å². The summed E-state index contributed by atoms with van der Waals surface area (Å²) in [4.78, 5) is 18.7. The van der Waals surface area contributed by atoms with Gasteiger partial charge in [-0.3, -0.25) is 9.20 Å². The second-order valence-corrected chi connectivity index (χ2v) is 5.26. The maximum Gasteiger partial charge on any atom is 0.228 e. The number of rotatable bonds is 6. The summed E-state index contributed by atoms with van der Waals surface area (Å²) in [6.07, 6.45) is 3.34. The number of carbonyl (C=O) groups excluding carboxylic acids is 1. The summed E-state index contributed by atoms with van der Waals surface area (Å²) in [5.41, 5.74) is 0.741. The molecule has 2 heterocycles. The molecule has 0 radical (unpaired) electrons. The molecule has 0 aliphatic rings. The van der Waals surface area contributed by atoms with E-state index in [0.29, 0.717) is 0 Å². The van der Waals surface area contributed by atoms with E-state index in [1.54, 1.807) is 7.05 Å². The van der Waals surface area contributed by atoms with Crippen molar-refractivity contribution in [3.05, 3.63) is 23.5 Å². The minimum Gasteiger partial charge on any atom is -0.389 e. The lowest BCUT2D eigenvalue weighted by molar-refractivity contribution is -0.130. The molecule has 0 fully saturated rings. The van der Waals surface area contributed by atoms with E-state index in [2.05, 4.69) is 4.98 Å². The van der Waals surface area contributed by atoms with Gasteiger partial charge in [-0.1, -0.05) is 0 Å². The number of aromatic nitrogens is 2. The van der Waals surface area contributed by atoms with Crippen LogP contribution in [-0.4, -0.2) is 58.7 Å². The number of thiazole rings is 1. The Morgan fingerprint density at radius 1 is 1.68 bits per heavy atom. The molecule has 1 N–H and O–H groups in total. The van der Waals surface area contributed by atoms with Crippen LogP contribution in [0.1, 0.15) is 5.69 Å². The summed E-state index contributed by atoms with van der Waals surface area (Å²) in [5.74, 6) is -0.0686. The van der Waals surface area contributed by atoms with Gasteiger partial charge in [0.15, 0.2) is 4.96 Å². The van der Waals surface area contributed by atoms with Crippen LogP contribution in [0.4, 0.5) is 0 Å². The van der Waals surface area contributed by atoms with Gasteiger partial charge in [-0.25, -0.2) is 4.98 Å². The predicted octanol–water partition coefficient (Wildman–Crippen LogP) is 0.404. The van der Waals surface area contributed by atoms with Crippen molar-refractivity contribution in [3.8, 4) is 0 Å². The molecule has 0 bridgehead atoms. The first-order valence-corrected chi connectivity index (χ1v) is 6.80. The van der Waals surface area contributed by atoms with Gasteiger partial charge < -0.3 is 14.7 Å². The molecule has 1 unspecified atom stereocenters. The zero-order valence-corrected chi connectivity index (χ0v) is 11.8. The number of fused-ring (bicyclic) bond motifs is 1. The maximum atomic E-state index is 12.0. The smallest absolute Gasteiger partial charge is 0.228 e. The third-order valence-corrected chi connectivity index (χ3v) is 3.52. The van der Waals surface area contributed by atoms with Crippen molar-refractivity contribution >= 4 is 22.2 Å². The van der Waals surface area contributed by atoms with Gasteiger partial charge in [0.25, 0.3) is 0 Å². The van der Waals surface area contributed by atoms with Crippen LogP contribution in [0, 0.1) is 0 Å². The Labute approximate surface area is 115 Å². The zero-order valence-electron chi connectivity index (χ0n) is 10.9. The van der Waals surface area contributed by atoms with E-state index in [4.69, 9.17) is 4.74 Å². The van der Waals surface area contributed by atoms with Crippen molar-refractivity contribution in [2.45, 2.75) is 12.5 Å². The Morgan fingerprint density at radius 2 is 2.47 bits per heavy atom. The first kappa shape index (κ1) is 14.0. The van der Waals surface area contributed by atoms with Crippen LogP contribution in [-0.2, 0) is 16.0 Å². The lowest BCUT2D eigenvalue weighted by atomic mass is 10.2. The maximum absolute atomic E-state index is 12.0. The number of amides is 1. The zero-order chi connectivity index (χ0) is 13.8. The molecule has 0 aliphatic carbocycles. The van der Waals surface area contributed by atoms with E-state index in [-0.39, 0.29) is 25.5 Å². The van der Waals surface area contributed by atoms with E-state index in [0.717, 1.165) is 10.7 Å². The number of hydrogen-bond donors (Lipinski definition) is 1. The molecule has 1 amide bonds. The van der Waals surface area contributed by atoms with Gasteiger partial charge in [-0.05, 0) is 0 Å². The number of aliphatic hydroxyl groups is 1. The van der Waals surface area contributed by atoms with Crippen LogP contribution in [0.5, 0.6) is 0 Å². The van der Waals surface area contributed by atoms with Gasteiger partial charge in [0.05, 0.1) is 24.8 Å². The molecule has 0 saturated heterocycles. The van der Waals surface area contributed by atoms with Crippen LogP contribution >= 0.6 is 11.3 Å². The predicted molar refractivity (Wildman–Crippen MR) is 72.3 cm³/mol. The molecule has 104 valence electrons. The fourth-order valence-corrected chi connectivity index (χ4v) is 2.53. The average molecular weight is 283 g/mol. The highest BCUT2D eigenvalue weighted by Crippen LogP contribution is 2.12. The fraction of sp³-hybridized carbons (Fsp3) is 0.500. The summed E-state index contributed by atoms with van der Waals surface area (Å²) in [6.45, 7) is 0.479. The Hall–Kier alpha value is -1.44. The summed E-state index contributed by atoms with van der Waals surface area (Å²) in [6, 6.07) is 0. The number of ether oxygens (including phenoxy) is 1. The largest absolute Gasteiger partial charge is 0.389 e. The van der Waals surface area contributed by atoms with Gasteiger partial charge >= 0.3 is 0 Å². The number of likely N-dealkylation sites (N-methyl/N-ethyl adjacent to an activating group) is 1. The summed E-state index contributed by atoms with van der Waals surface area (Å²) in [7, 11) is 3.18. The Balaban J connectivity index is 1.91. The lowest BCUT2D eigenvalue weighted by Crippen LogP contribution is -2.37. The van der Waals surface area contributed by atoms with Crippen molar-refractivity contribution in [3.63, 3.8) is 0 Å². The van der Waals surface area contributed by atoms with E-state index in [1.165, 1.54) is 23.3 Å². The van der Waals surface area contributed by atoms with Crippen LogP contribution in [0.15, 0.2) is 17.8 Å². The average Bonchev–Trinajstić information content (AvgIpc) is 2.89. The van der Waals surface area contributed by atoms with Gasteiger partial charge in [-0.2, -0.15) is 0 Å². The normalized spacial score (nSPS) is 12.8. The van der Waals surface area contributed by atoms with Crippen molar-refractivity contribution in [2.75, 3.05) is 27.3 Å². The van der Waals surface area contributed by atoms with Crippen LogP contribution < -0.4 is 0 Å². The van der Waals surface area contributed by atoms with Crippen LogP contribution in [0.2, 0.25) is 0 Å². The molecule has 0 spiro atoms. The second-order valence-electron chi connectivity index (χ2n) is 4.39. The molecular formula is C12H17N3O3S. The minimum atomic E-state index is -0.663. The number of methoxy groups -OCH3 is 1. The Kier molecular flexibility index (Phi) is 4.52. The van der Waals surface area contributed by atoms with Crippen molar-refractivity contribution in [1.29, 1.82) is 0 Å². The van der Waals surface area contributed by atoms with Gasteiger partial charge in [0.1, 0.15) is 0 Å². The highest BCUT2D eigenvalue weighted by Gasteiger charge is 2.15. The van der Waals surface area contributed by atoms with Gasteiger partial charge in [-0.15, -0.1) is 11.3 Å².